The smallest absolute Gasteiger partial charge is 0.368 e. The molecule has 0 spiro atoms. The van der Waals surface area contributed by atoms with E-state index < -0.39 is 15.6 Å². The highest BCUT2D eigenvalue weighted by atomic mass is 31.2. The van der Waals surface area contributed by atoms with Gasteiger partial charge in [-0.25, -0.2) is 9.13 Å². The van der Waals surface area contributed by atoms with Gasteiger partial charge in [-0.3, -0.25) is 0 Å². The summed E-state index contributed by atoms with van der Waals surface area (Å²) in [6.45, 7) is 0. The maximum Gasteiger partial charge on any atom is 0.466 e. The number of rotatable bonds is 0. The number of hydrogen-bond acceptors (Lipinski definition) is 8. The first-order valence-corrected chi connectivity index (χ1v) is 6.90. The molecule has 0 radical (unpaired) electrons. The molecule has 0 aliphatic carbocycles. The van der Waals surface area contributed by atoms with Crippen molar-refractivity contribution in [3.63, 3.8) is 0 Å². The van der Waals surface area contributed by atoms with Crippen LogP contribution in [0.3, 0.4) is 0 Å². The molecule has 1 aromatic rings. The Balaban J connectivity index is -0.000000230. The van der Waals surface area contributed by atoms with Gasteiger partial charge >= 0.3 is 15.6 Å². The van der Waals surface area contributed by atoms with Crippen molar-refractivity contribution in [1.29, 1.82) is 0 Å². The fraction of sp³-hybridized carbons (Fsp3) is 0. The van der Waals surface area contributed by atoms with Gasteiger partial charge in [-0.15, -0.1) is 0 Å². The lowest BCUT2D eigenvalue weighted by Gasteiger charge is -1.93. The molecule has 1 aromatic heterocycles. The van der Waals surface area contributed by atoms with Crippen LogP contribution >= 0.6 is 15.6 Å². The molecule has 0 atom stereocenters. The Hall–Kier alpha value is -0.838. The van der Waals surface area contributed by atoms with Crippen LogP contribution in [0.1, 0.15) is 0 Å². The fourth-order valence-corrected chi connectivity index (χ4v) is 0.427. The van der Waals surface area contributed by atoms with Gasteiger partial charge < -0.3 is 46.6 Å². The summed E-state index contributed by atoms with van der Waals surface area (Å²) in [6, 6.07) is 0. The molecule has 20 heavy (non-hydrogen) atoms. The van der Waals surface area contributed by atoms with Crippen molar-refractivity contribution in [3.8, 4) is 0 Å². The van der Waals surface area contributed by atoms with Crippen molar-refractivity contribution in [2.45, 2.75) is 0 Å². The molecule has 0 fully saturated rings. The lowest BCUT2D eigenvalue weighted by Crippen LogP contribution is -2.05. The number of nitrogen functional groups attached to an aromatic ring is 3. The number of hydrogen-bond donors (Lipinski definition) is 9. The van der Waals surface area contributed by atoms with Crippen LogP contribution in [0.5, 0.6) is 0 Å². The minimum Gasteiger partial charge on any atom is -0.368 e. The largest absolute Gasteiger partial charge is 0.466 e. The SMILES string of the molecule is Nc1nc(N)nc(N)n1.O=P(O)(O)O.O=P(O)(O)O.[AlH3]. The molecule has 0 amide bonds. The zero-order chi connectivity index (χ0) is 15.9. The summed E-state index contributed by atoms with van der Waals surface area (Å²) in [5.41, 5.74) is 15.4. The molecule has 0 aliphatic heterocycles. The first-order valence-electron chi connectivity index (χ1n) is 3.77. The molecule has 0 aromatic carbocycles. The lowest BCUT2D eigenvalue weighted by atomic mass is 10.9. The Morgan fingerprint density at radius 2 is 0.750 bits per heavy atom. The number of phosphoric acid groups is 2. The molecule has 0 saturated heterocycles. The first kappa shape index (κ1) is 24.2. The van der Waals surface area contributed by atoms with Crippen molar-refractivity contribution in [3.05, 3.63) is 0 Å². The van der Waals surface area contributed by atoms with Gasteiger partial charge in [0, 0.05) is 0 Å². The summed E-state index contributed by atoms with van der Waals surface area (Å²) in [7, 11) is -9.28. The van der Waals surface area contributed by atoms with Crippen molar-refractivity contribution in [2.75, 3.05) is 17.2 Å². The highest BCUT2D eigenvalue weighted by Gasteiger charge is 2.00. The van der Waals surface area contributed by atoms with Crippen LogP contribution < -0.4 is 17.2 Å². The summed E-state index contributed by atoms with van der Waals surface area (Å²) < 4.78 is 17.8. The summed E-state index contributed by atoms with van der Waals surface area (Å²) in [6.07, 6.45) is 0. The molecule has 0 bridgehead atoms. The van der Waals surface area contributed by atoms with Gasteiger partial charge in [0.05, 0.1) is 0 Å². The Labute approximate surface area is 122 Å². The molecule has 12 N–H and O–H groups in total. The Morgan fingerprint density at radius 3 is 0.850 bits per heavy atom. The van der Waals surface area contributed by atoms with Crippen LogP contribution in [0.25, 0.3) is 0 Å². The minimum atomic E-state index is -4.64. The molecule has 1 heterocycles. The third-order valence-electron chi connectivity index (χ3n) is 0.687. The van der Waals surface area contributed by atoms with E-state index in [9.17, 15) is 0 Å². The van der Waals surface area contributed by atoms with Crippen LogP contribution in [-0.4, -0.2) is 61.7 Å². The molecule has 17 heteroatoms. The normalized spacial score (nSPS) is 10.1. The molecule has 0 aliphatic rings. The Kier molecular flexibility index (Phi) is 12.1. The van der Waals surface area contributed by atoms with E-state index in [0.717, 1.165) is 0 Å². The second kappa shape index (κ2) is 9.97. The van der Waals surface area contributed by atoms with Gasteiger partial charge in [0.2, 0.25) is 17.8 Å². The average Bonchev–Trinajstić information content (AvgIpc) is 1.91. The van der Waals surface area contributed by atoms with Crippen molar-refractivity contribution >= 4 is 50.9 Å². The van der Waals surface area contributed by atoms with E-state index in [1.165, 1.54) is 0 Å². The summed E-state index contributed by atoms with van der Waals surface area (Å²) in [5.74, 6) is 0.125. The molecule has 118 valence electrons. The third kappa shape index (κ3) is 36.0. The third-order valence-corrected chi connectivity index (χ3v) is 0.687. The van der Waals surface area contributed by atoms with Gasteiger partial charge in [0.25, 0.3) is 0 Å². The quantitative estimate of drug-likeness (QED) is 0.157. The first-order chi connectivity index (χ1) is 8.18. The van der Waals surface area contributed by atoms with Crippen LogP contribution in [0, 0.1) is 0 Å². The Bertz CT molecular complexity index is 402. The number of aromatic nitrogens is 3. The van der Waals surface area contributed by atoms with E-state index >= 15 is 0 Å². The van der Waals surface area contributed by atoms with Crippen molar-refractivity contribution in [2.24, 2.45) is 0 Å². The Morgan fingerprint density at radius 1 is 0.650 bits per heavy atom. The van der Waals surface area contributed by atoms with Crippen molar-refractivity contribution in [1.82, 2.24) is 15.0 Å². The second-order valence-electron chi connectivity index (χ2n) is 2.44. The predicted octanol–water partition coefficient (Wildman–Crippen LogP) is -4.42. The number of nitrogens with two attached hydrogens (primary N) is 3. The van der Waals surface area contributed by atoms with E-state index in [1.54, 1.807) is 0 Å². The molecular formula is C3H15AlN6O8P2. The van der Waals surface area contributed by atoms with Gasteiger partial charge in [-0.1, -0.05) is 0 Å². The number of nitrogens with zero attached hydrogens (tertiary/aromatic N) is 3. The molecule has 0 unspecified atom stereocenters. The number of anilines is 3. The maximum atomic E-state index is 8.88. The zero-order valence-electron chi connectivity index (χ0n) is 8.97. The molecule has 14 nitrogen and oxygen atoms in total. The second-order valence-corrected chi connectivity index (χ2v) is 4.49. The van der Waals surface area contributed by atoms with E-state index in [2.05, 4.69) is 15.0 Å². The summed E-state index contributed by atoms with van der Waals surface area (Å²) in [4.78, 5) is 53.6. The van der Waals surface area contributed by atoms with Crippen molar-refractivity contribution < 1.29 is 38.5 Å². The summed E-state index contributed by atoms with van der Waals surface area (Å²) >= 11 is 0. The zero-order valence-corrected chi connectivity index (χ0v) is 10.8. The van der Waals surface area contributed by atoms with E-state index in [4.69, 9.17) is 55.7 Å². The van der Waals surface area contributed by atoms with Crippen LogP contribution in [-0.2, 0) is 9.13 Å². The van der Waals surface area contributed by atoms with Gasteiger partial charge in [-0.2, -0.15) is 15.0 Å². The summed E-state index contributed by atoms with van der Waals surface area (Å²) in [5, 5.41) is 0. The van der Waals surface area contributed by atoms with Gasteiger partial charge in [0.1, 0.15) is 0 Å². The van der Waals surface area contributed by atoms with E-state index in [-0.39, 0.29) is 35.2 Å². The van der Waals surface area contributed by atoms with Crippen LogP contribution in [0.15, 0.2) is 0 Å². The highest BCUT2D eigenvalue weighted by Crippen LogP contribution is 2.26. The standard InChI is InChI=1S/C3H6N6.Al.2H3O4P.3H/c4-1-7-2(5)9-3(6)8-1;;2*1-5(2,3)4;;;/h(H6,4,5,6,7,8,9);;2*(H3,1,2,3,4);;;. The highest BCUT2D eigenvalue weighted by molar-refractivity contribution is 7.45. The van der Waals surface area contributed by atoms with E-state index in [0.29, 0.717) is 0 Å². The van der Waals surface area contributed by atoms with Crippen LogP contribution in [0.2, 0.25) is 0 Å². The lowest BCUT2D eigenvalue weighted by molar-refractivity contribution is 0.272. The maximum absolute atomic E-state index is 8.88. The monoisotopic (exact) mass is 352 g/mol. The van der Waals surface area contributed by atoms with Gasteiger partial charge in [-0.05, 0) is 0 Å². The average molecular weight is 352 g/mol. The minimum absolute atomic E-state index is 0. The predicted molar refractivity (Wildman–Crippen MR) is 71.5 cm³/mol. The molecule has 0 saturated carbocycles. The van der Waals surface area contributed by atoms with E-state index in [1.807, 2.05) is 0 Å². The topological polar surface area (TPSA) is 272 Å². The van der Waals surface area contributed by atoms with Gasteiger partial charge in [0.15, 0.2) is 17.4 Å². The molecule has 1 rings (SSSR count). The fourth-order valence-electron chi connectivity index (χ4n) is 0.427. The molecular weight excluding hydrogens is 337 g/mol. The van der Waals surface area contributed by atoms with Crippen LogP contribution in [0.4, 0.5) is 17.8 Å².